The van der Waals surface area contributed by atoms with E-state index in [9.17, 15) is 4.39 Å². The number of nitrogens with zero attached hydrogens (tertiary/aromatic N) is 1. The molecule has 0 saturated carbocycles. The van der Waals surface area contributed by atoms with Crippen molar-refractivity contribution in [3.05, 3.63) is 47.9 Å². The Hall–Kier alpha value is -1.81. The average Bonchev–Trinajstić information content (AvgIpc) is 2.43. The quantitative estimate of drug-likeness (QED) is 0.772. The summed E-state index contributed by atoms with van der Waals surface area (Å²) in [6, 6.07) is 8.41. The van der Waals surface area contributed by atoms with Gasteiger partial charge in [0.1, 0.15) is 11.5 Å². The zero-order chi connectivity index (χ0) is 13.7. The van der Waals surface area contributed by atoms with Crippen molar-refractivity contribution in [2.75, 3.05) is 6.61 Å². The summed E-state index contributed by atoms with van der Waals surface area (Å²) < 4.78 is 24.6. The lowest BCUT2D eigenvalue weighted by Gasteiger charge is -2.08. The molecule has 0 aliphatic heterocycles. The van der Waals surface area contributed by atoms with Crippen molar-refractivity contribution in [1.29, 1.82) is 0 Å². The Labute approximate surface area is 115 Å². The Balaban J connectivity index is 2.16. The number of aromatic nitrogens is 1. The molecule has 0 atom stereocenters. The number of benzene rings is 1. The Morgan fingerprint density at radius 1 is 1.16 bits per heavy atom. The molecule has 0 saturated heterocycles. The minimum absolute atomic E-state index is 0.0774. The molecule has 0 radical (unpaired) electrons. The van der Waals surface area contributed by atoms with Gasteiger partial charge in [-0.2, -0.15) is 0 Å². The Morgan fingerprint density at radius 2 is 1.84 bits per heavy atom. The first-order valence-corrected chi connectivity index (χ1v) is 6.38. The summed E-state index contributed by atoms with van der Waals surface area (Å²) in [4.78, 5) is 3.85. The highest BCUT2D eigenvalue weighted by molar-refractivity contribution is 6.17. The number of hydrogen-bond donors (Lipinski definition) is 0. The first kappa shape index (κ1) is 13.6. The van der Waals surface area contributed by atoms with E-state index < -0.39 is 5.82 Å². The van der Waals surface area contributed by atoms with Crippen LogP contribution < -0.4 is 9.47 Å². The van der Waals surface area contributed by atoms with Gasteiger partial charge in [0, 0.05) is 11.8 Å². The summed E-state index contributed by atoms with van der Waals surface area (Å²) in [5.74, 6) is 0.682. The van der Waals surface area contributed by atoms with Crippen LogP contribution in [0.4, 0.5) is 4.39 Å². The van der Waals surface area contributed by atoms with Gasteiger partial charge in [0.25, 0.3) is 5.88 Å². The van der Waals surface area contributed by atoms with Gasteiger partial charge >= 0.3 is 0 Å². The highest BCUT2D eigenvalue weighted by Crippen LogP contribution is 2.26. The van der Waals surface area contributed by atoms with Crippen LogP contribution in [0.3, 0.4) is 0 Å². The standard InChI is InChI=1S/C14H13ClFNO2/c1-2-18-11-3-5-12(6-4-11)19-14-13(16)10(9-15)7-8-17-14/h3-8H,2,9H2,1H3. The van der Waals surface area contributed by atoms with Crippen molar-refractivity contribution < 1.29 is 13.9 Å². The number of pyridine rings is 1. The molecule has 0 bridgehead atoms. The molecule has 19 heavy (non-hydrogen) atoms. The fourth-order valence-electron chi connectivity index (χ4n) is 1.52. The maximum atomic E-state index is 13.9. The Kier molecular flexibility index (Phi) is 4.58. The van der Waals surface area contributed by atoms with Gasteiger partial charge < -0.3 is 9.47 Å². The molecule has 100 valence electrons. The van der Waals surface area contributed by atoms with Crippen LogP contribution in [-0.2, 0) is 5.88 Å². The number of alkyl halides is 1. The van der Waals surface area contributed by atoms with Crippen LogP contribution in [0.15, 0.2) is 36.5 Å². The van der Waals surface area contributed by atoms with E-state index in [2.05, 4.69) is 4.98 Å². The third kappa shape index (κ3) is 3.35. The molecular weight excluding hydrogens is 269 g/mol. The highest BCUT2D eigenvalue weighted by Gasteiger charge is 2.10. The van der Waals surface area contributed by atoms with E-state index in [0.29, 0.717) is 17.9 Å². The molecule has 0 N–H and O–H groups in total. The molecule has 1 aromatic heterocycles. The molecule has 2 aromatic rings. The third-order valence-corrected chi connectivity index (χ3v) is 2.72. The van der Waals surface area contributed by atoms with Crippen molar-refractivity contribution in [3.8, 4) is 17.4 Å². The van der Waals surface area contributed by atoms with Crippen LogP contribution >= 0.6 is 11.6 Å². The molecular formula is C14H13ClFNO2. The first-order chi connectivity index (χ1) is 9.24. The van der Waals surface area contributed by atoms with Gasteiger partial charge in [-0.1, -0.05) is 0 Å². The smallest absolute Gasteiger partial charge is 0.256 e. The summed E-state index contributed by atoms with van der Waals surface area (Å²) in [6.07, 6.45) is 1.46. The topological polar surface area (TPSA) is 31.4 Å². The number of hydrogen-bond acceptors (Lipinski definition) is 3. The van der Waals surface area contributed by atoms with Crippen molar-refractivity contribution >= 4 is 11.6 Å². The molecule has 3 nitrogen and oxygen atoms in total. The van der Waals surface area contributed by atoms with Gasteiger partial charge in [0.15, 0.2) is 5.82 Å². The lowest BCUT2D eigenvalue weighted by Crippen LogP contribution is -1.96. The molecule has 0 spiro atoms. The predicted octanol–water partition coefficient (Wildman–Crippen LogP) is 4.15. The molecule has 0 unspecified atom stereocenters. The summed E-state index contributed by atoms with van der Waals surface area (Å²) >= 11 is 5.62. The van der Waals surface area contributed by atoms with E-state index in [-0.39, 0.29) is 11.8 Å². The second-order valence-electron chi connectivity index (χ2n) is 3.73. The second kappa shape index (κ2) is 6.38. The van der Waals surface area contributed by atoms with Gasteiger partial charge in [-0.15, -0.1) is 11.6 Å². The van der Waals surface area contributed by atoms with Gasteiger partial charge in [-0.05, 0) is 37.3 Å². The van der Waals surface area contributed by atoms with Gasteiger partial charge in [-0.3, -0.25) is 0 Å². The normalized spacial score (nSPS) is 10.3. The Bertz CT molecular complexity index is 546. The molecule has 0 fully saturated rings. The van der Waals surface area contributed by atoms with E-state index in [0.717, 1.165) is 5.75 Å². The van der Waals surface area contributed by atoms with E-state index >= 15 is 0 Å². The summed E-state index contributed by atoms with van der Waals surface area (Å²) in [5.41, 5.74) is 0.359. The van der Waals surface area contributed by atoms with Crippen molar-refractivity contribution in [2.45, 2.75) is 12.8 Å². The van der Waals surface area contributed by atoms with Crippen LogP contribution in [0.5, 0.6) is 17.4 Å². The maximum Gasteiger partial charge on any atom is 0.256 e. The molecule has 1 aromatic carbocycles. The van der Waals surface area contributed by atoms with E-state index in [1.54, 1.807) is 24.3 Å². The van der Waals surface area contributed by atoms with Crippen molar-refractivity contribution in [1.82, 2.24) is 4.98 Å². The zero-order valence-corrected chi connectivity index (χ0v) is 11.2. The van der Waals surface area contributed by atoms with Crippen LogP contribution in [0.25, 0.3) is 0 Å². The number of rotatable bonds is 5. The SMILES string of the molecule is CCOc1ccc(Oc2nccc(CCl)c2F)cc1. The van der Waals surface area contributed by atoms with Crippen LogP contribution in [-0.4, -0.2) is 11.6 Å². The largest absolute Gasteiger partial charge is 0.494 e. The lowest BCUT2D eigenvalue weighted by molar-refractivity contribution is 0.339. The highest BCUT2D eigenvalue weighted by atomic mass is 35.5. The van der Waals surface area contributed by atoms with E-state index in [4.69, 9.17) is 21.1 Å². The summed E-state index contributed by atoms with van der Waals surface area (Å²) in [6.45, 7) is 2.50. The monoisotopic (exact) mass is 281 g/mol. The molecule has 0 amide bonds. The van der Waals surface area contributed by atoms with Gasteiger partial charge in [0.05, 0.1) is 12.5 Å². The van der Waals surface area contributed by atoms with E-state index in [1.807, 2.05) is 6.92 Å². The fourth-order valence-corrected chi connectivity index (χ4v) is 1.73. The molecule has 0 aliphatic carbocycles. The van der Waals surface area contributed by atoms with E-state index in [1.165, 1.54) is 12.3 Å². The van der Waals surface area contributed by atoms with Crippen molar-refractivity contribution in [2.24, 2.45) is 0 Å². The predicted molar refractivity (Wildman–Crippen MR) is 71.4 cm³/mol. The molecule has 1 heterocycles. The minimum atomic E-state index is -0.536. The zero-order valence-electron chi connectivity index (χ0n) is 10.4. The number of halogens is 2. The Morgan fingerprint density at radius 3 is 2.47 bits per heavy atom. The molecule has 2 rings (SSSR count). The number of ether oxygens (including phenoxy) is 2. The average molecular weight is 282 g/mol. The fraction of sp³-hybridized carbons (Fsp3) is 0.214. The summed E-state index contributed by atoms with van der Waals surface area (Å²) in [7, 11) is 0. The third-order valence-electron chi connectivity index (χ3n) is 2.43. The second-order valence-corrected chi connectivity index (χ2v) is 4.00. The van der Waals surface area contributed by atoms with Crippen LogP contribution in [0.1, 0.15) is 12.5 Å². The lowest BCUT2D eigenvalue weighted by atomic mass is 10.3. The maximum absolute atomic E-state index is 13.9. The summed E-state index contributed by atoms with van der Waals surface area (Å²) in [5, 5.41) is 0. The van der Waals surface area contributed by atoms with Gasteiger partial charge in [-0.25, -0.2) is 9.37 Å². The molecule has 0 aliphatic rings. The first-order valence-electron chi connectivity index (χ1n) is 5.84. The van der Waals surface area contributed by atoms with Crippen LogP contribution in [0.2, 0.25) is 0 Å². The molecule has 5 heteroatoms. The minimum Gasteiger partial charge on any atom is -0.494 e. The van der Waals surface area contributed by atoms with Crippen molar-refractivity contribution in [3.63, 3.8) is 0 Å². The van der Waals surface area contributed by atoms with Crippen LogP contribution in [0, 0.1) is 5.82 Å². The van der Waals surface area contributed by atoms with Gasteiger partial charge in [0.2, 0.25) is 0 Å².